The molecule has 0 heterocycles. The number of carboxylic acid groups (broad SMARTS) is 1. The first kappa shape index (κ1) is 18.3. The third-order valence-corrected chi connectivity index (χ3v) is 5.57. The molecule has 0 aromatic carbocycles. The molecule has 0 spiro atoms. The summed E-state index contributed by atoms with van der Waals surface area (Å²) >= 11 is 1.26. The number of amides is 1. The summed E-state index contributed by atoms with van der Waals surface area (Å²) in [6, 6.07) is 0.526. The number of carboxylic acids is 1. The van der Waals surface area contributed by atoms with Crippen molar-refractivity contribution in [2.45, 2.75) is 77.1 Å². The second-order valence-electron chi connectivity index (χ2n) is 6.50. The van der Waals surface area contributed by atoms with Gasteiger partial charge in [0.15, 0.2) is 0 Å². The van der Waals surface area contributed by atoms with Crippen molar-refractivity contribution in [2.75, 3.05) is 5.75 Å². The Morgan fingerprint density at radius 2 is 1.71 bits per heavy atom. The highest BCUT2D eigenvalue weighted by atomic mass is 32.2. The molecule has 1 rings (SSSR count). The van der Waals surface area contributed by atoms with E-state index in [9.17, 15) is 14.7 Å². The Balaban J connectivity index is 2.62. The third-order valence-electron chi connectivity index (χ3n) is 4.05. The van der Waals surface area contributed by atoms with E-state index in [-0.39, 0.29) is 23.6 Å². The van der Waals surface area contributed by atoms with E-state index >= 15 is 0 Å². The normalized spacial score (nSPS) is 18.0. The van der Waals surface area contributed by atoms with Gasteiger partial charge in [0.1, 0.15) is 5.25 Å². The quantitative estimate of drug-likeness (QED) is 0.782. The molecule has 21 heavy (non-hydrogen) atoms. The average molecular weight is 315 g/mol. The van der Waals surface area contributed by atoms with Crippen LogP contribution >= 0.6 is 11.8 Å². The third kappa shape index (κ3) is 5.53. The van der Waals surface area contributed by atoms with Gasteiger partial charge in [-0.25, -0.2) is 0 Å². The number of carbonyl (C=O) groups is 2. The van der Waals surface area contributed by atoms with Crippen LogP contribution < -0.4 is 0 Å². The van der Waals surface area contributed by atoms with E-state index in [4.69, 9.17) is 0 Å². The van der Waals surface area contributed by atoms with Crippen LogP contribution in [0, 0.1) is 5.92 Å². The fourth-order valence-electron chi connectivity index (χ4n) is 3.06. The second-order valence-corrected chi connectivity index (χ2v) is 7.63. The van der Waals surface area contributed by atoms with E-state index < -0.39 is 11.2 Å². The molecule has 0 aromatic rings. The lowest BCUT2D eigenvalue weighted by molar-refractivity contribution is -0.137. The van der Waals surface area contributed by atoms with Crippen LogP contribution in [0.15, 0.2) is 0 Å². The maximum Gasteiger partial charge on any atom is 0.316 e. The SMILES string of the molecule is CC(C)C(SCC(=O)N(C(C)C)C1CCCCC1)C(=O)O. The summed E-state index contributed by atoms with van der Waals surface area (Å²) in [7, 11) is 0. The van der Waals surface area contributed by atoms with E-state index in [1.807, 2.05) is 32.6 Å². The van der Waals surface area contributed by atoms with Gasteiger partial charge in [-0.05, 0) is 32.6 Å². The van der Waals surface area contributed by atoms with Crippen molar-refractivity contribution in [3.63, 3.8) is 0 Å². The highest BCUT2D eigenvalue weighted by molar-refractivity contribution is 8.01. The molecular weight excluding hydrogens is 286 g/mol. The monoisotopic (exact) mass is 315 g/mol. The van der Waals surface area contributed by atoms with Crippen LogP contribution in [-0.2, 0) is 9.59 Å². The summed E-state index contributed by atoms with van der Waals surface area (Å²) < 4.78 is 0. The minimum Gasteiger partial charge on any atom is -0.480 e. The lowest BCUT2D eigenvalue weighted by atomic mass is 9.93. The molecule has 1 fully saturated rings. The molecule has 1 atom stereocenters. The number of thioether (sulfide) groups is 1. The Labute approximate surface area is 132 Å². The Kier molecular flexibility index (Phi) is 7.57. The smallest absolute Gasteiger partial charge is 0.316 e. The van der Waals surface area contributed by atoms with Gasteiger partial charge in [-0.3, -0.25) is 9.59 Å². The molecule has 0 saturated heterocycles. The number of nitrogens with zero attached hydrogens (tertiary/aromatic N) is 1. The number of rotatable bonds is 7. The van der Waals surface area contributed by atoms with Crippen molar-refractivity contribution < 1.29 is 14.7 Å². The van der Waals surface area contributed by atoms with Gasteiger partial charge in [0.25, 0.3) is 0 Å². The molecule has 0 bridgehead atoms. The predicted molar refractivity (Wildman–Crippen MR) is 87.6 cm³/mol. The van der Waals surface area contributed by atoms with Gasteiger partial charge >= 0.3 is 5.97 Å². The molecule has 1 aliphatic rings. The Morgan fingerprint density at radius 1 is 1.14 bits per heavy atom. The van der Waals surface area contributed by atoms with Crippen LogP contribution in [0.5, 0.6) is 0 Å². The molecule has 5 heteroatoms. The van der Waals surface area contributed by atoms with Crippen LogP contribution in [0.3, 0.4) is 0 Å². The summed E-state index contributed by atoms with van der Waals surface area (Å²) in [5, 5.41) is 8.70. The first-order valence-corrected chi connectivity index (χ1v) is 9.05. The molecule has 1 unspecified atom stereocenters. The van der Waals surface area contributed by atoms with Gasteiger partial charge in [-0.1, -0.05) is 33.1 Å². The van der Waals surface area contributed by atoms with Crippen LogP contribution in [0.4, 0.5) is 0 Å². The molecular formula is C16H29NO3S. The average Bonchev–Trinajstić information content (AvgIpc) is 2.39. The number of hydrogen-bond acceptors (Lipinski definition) is 3. The van der Waals surface area contributed by atoms with Crippen molar-refractivity contribution in [1.29, 1.82) is 0 Å². The zero-order valence-corrected chi connectivity index (χ0v) is 14.5. The second kappa shape index (κ2) is 8.66. The molecule has 0 aliphatic heterocycles. The Bertz CT molecular complexity index is 351. The van der Waals surface area contributed by atoms with Gasteiger partial charge in [-0.2, -0.15) is 0 Å². The van der Waals surface area contributed by atoms with Crippen molar-refractivity contribution in [2.24, 2.45) is 5.92 Å². The van der Waals surface area contributed by atoms with E-state index in [0.29, 0.717) is 6.04 Å². The summed E-state index contributed by atoms with van der Waals surface area (Å²) in [6.07, 6.45) is 5.82. The minimum atomic E-state index is -0.823. The maximum atomic E-state index is 12.5. The lowest BCUT2D eigenvalue weighted by Crippen LogP contribution is -2.47. The molecule has 0 radical (unpaired) electrons. The van der Waals surface area contributed by atoms with Crippen molar-refractivity contribution in [3.8, 4) is 0 Å². The maximum absolute atomic E-state index is 12.5. The highest BCUT2D eigenvalue weighted by Crippen LogP contribution is 2.26. The lowest BCUT2D eigenvalue weighted by Gasteiger charge is -2.37. The number of hydrogen-bond donors (Lipinski definition) is 1. The van der Waals surface area contributed by atoms with Crippen molar-refractivity contribution in [1.82, 2.24) is 4.90 Å². The molecule has 0 aromatic heterocycles. The fourth-order valence-corrected chi connectivity index (χ4v) is 4.06. The van der Waals surface area contributed by atoms with Crippen LogP contribution in [0.25, 0.3) is 0 Å². The summed E-state index contributed by atoms with van der Waals surface area (Å²) in [6.45, 7) is 7.87. The standard InChI is InChI=1S/C16H29NO3S/c1-11(2)15(16(19)20)21-10-14(18)17(12(3)4)13-8-6-5-7-9-13/h11-13,15H,5-10H2,1-4H3,(H,19,20). The van der Waals surface area contributed by atoms with E-state index in [2.05, 4.69) is 0 Å². The van der Waals surface area contributed by atoms with E-state index in [1.165, 1.54) is 31.0 Å². The van der Waals surface area contributed by atoms with Crippen LogP contribution in [0.2, 0.25) is 0 Å². The molecule has 4 nitrogen and oxygen atoms in total. The summed E-state index contributed by atoms with van der Waals surface area (Å²) in [5.41, 5.74) is 0. The zero-order valence-electron chi connectivity index (χ0n) is 13.7. The van der Waals surface area contributed by atoms with E-state index in [1.54, 1.807) is 0 Å². The van der Waals surface area contributed by atoms with Gasteiger partial charge in [-0.15, -0.1) is 11.8 Å². The zero-order chi connectivity index (χ0) is 16.0. The topological polar surface area (TPSA) is 57.6 Å². The summed E-state index contributed by atoms with van der Waals surface area (Å²) in [5.74, 6) is -0.433. The molecule has 122 valence electrons. The van der Waals surface area contributed by atoms with Crippen molar-refractivity contribution >= 4 is 23.6 Å². The molecule has 1 saturated carbocycles. The first-order chi connectivity index (χ1) is 9.84. The molecule has 1 amide bonds. The Morgan fingerprint density at radius 3 is 2.14 bits per heavy atom. The highest BCUT2D eigenvalue weighted by Gasteiger charge is 2.29. The Hall–Kier alpha value is -0.710. The van der Waals surface area contributed by atoms with Crippen LogP contribution in [-0.4, -0.2) is 45.0 Å². The van der Waals surface area contributed by atoms with E-state index in [0.717, 1.165) is 12.8 Å². The molecule has 1 aliphatic carbocycles. The van der Waals surface area contributed by atoms with Crippen molar-refractivity contribution in [3.05, 3.63) is 0 Å². The number of aliphatic carboxylic acids is 1. The van der Waals surface area contributed by atoms with Gasteiger partial charge in [0.2, 0.25) is 5.91 Å². The van der Waals surface area contributed by atoms with Gasteiger partial charge < -0.3 is 10.0 Å². The predicted octanol–water partition coefficient (Wildman–Crippen LogP) is 3.40. The number of carbonyl (C=O) groups excluding carboxylic acids is 1. The first-order valence-electron chi connectivity index (χ1n) is 8.00. The fraction of sp³-hybridized carbons (Fsp3) is 0.875. The van der Waals surface area contributed by atoms with Crippen LogP contribution in [0.1, 0.15) is 59.8 Å². The molecule has 1 N–H and O–H groups in total. The van der Waals surface area contributed by atoms with Gasteiger partial charge in [0, 0.05) is 12.1 Å². The minimum absolute atomic E-state index is 0.0301. The van der Waals surface area contributed by atoms with Gasteiger partial charge in [0.05, 0.1) is 5.75 Å². The summed E-state index contributed by atoms with van der Waals surface area (Å²) in [4.78, 5) is 25.8. The largest absolute Gasteiger partial charge is 0.480 e.